The summed E-state index contributed by atoms with van der Waals surface area (Å²) in [6.45, 7) is 0.835. The number of carbonyl (C=O) groups is 3. The fourth-order valence-corrected chi connectivity index (χ4v) is 6.86. The molecule has 1 saturated heterocycles. The molecule has 5 rings (SSSR count). The highest BCUT2D eigenvalue weighted by Gasteiger charge is 2.37. The van der Waals surface area contributed by atoms with Gasteiger partial charge >= 0.3 is 5.91 Å². The Bertz CT molecular complexity index is 1580. The molecule has 1 atom stereocenters. The largest absolute Gasteiger partial charge is 0.432 e. The normalized spacial score (nSPS) is 14.3. The van der Waals surface area contributed by atoms with Gasteiger partial charge in [-0.3, -0.25) is 19.3 Å². The molecular formula is C29H30N4O6S2. The second-order valence-electron chi connectivity index (χ2n) is 9.97. The number of hydrogen-bond acceptors (Lipinski definition) is 9. The van der Waals surface area contributed by atoms with Crippen LogP contribution >= 0.6 is 11.3 Å². The van der Waals surface area contributed by atoms with Gasteiger partial charge in [0.05, 0.1) is 17.4 Å². The van der Waals surface area contributed by atoms with E-state index in [0.29, 0.717) is 42.6 Å². The smallest absolute Gasteiger partial charge is 0.316 e. The maximum atomic E-state index is 14.0. The molecule has 0 saturated carbocycles. The minimum Gasteiger partial charge on any atom is -0.432 e. The van der Waals surface area contributed by atoms with Gasteiger partial charge in [0.15, 0.2) is 15.4 Å². The number of sulfone groups is 1. The van der Waals surface area contributed by atoms with Crippen molar-refractivity contribution in [3.05, 3.63) is 88.4 Å². The Morgan fingerprint density at radius 1 is 1.05 bits per heavy atom. The zero-order chi connectivity index (χ0) is 28.8. The molecule has 0 bridgehead atoms. The maximum Gasteiger partial charge on any atom is 0.316 e. The van der Waals surface area contributed by atoms with Crippen LogP contribution in [-0.4, -0.2) is 67.5 Å². The van der Waals surface area contributed by atoms with Crippen molar-refractivity contribution >= 4 is 50.0 Å². The standard InChI is InChI=1S/C29H30N4O6S2/c34-26(22-15-30-16-22)31-24(19-41(37,38)18-21-12-14-40-17-21)28(35)33(13-6-9-20-7-2-1-3-8-20)29(36)27-32-23-10-4-5-11-25(23)39-27/h1-5,7-8,10-12,14,17,22,24,30H,6,9,13,15-16,18-19H2,(H,31,34)/t24-/m1/s1. The van der Waals surface area contributed by atoms with Crippen LogP contribution in [0, 0.1) is 5.92 Å². The Balaban J connectivity index is 1.42. The van der Waals surface area contributed by atoms with Crippen LogP contribution in [-0.2, 0) is 31.6 Å². The number of nitrogens with one attached hydrogen (secondary N) is 2. The van der Waals surface area contributed by atoms with Crippen LogP contribution in [0.3, 0.4) is 0 Å². The summed E-state index contributed by atoms with van der Waals surface area (Å²) < 4.78 is 32.0. The molecule has 1 aliphatic heterocycles. The SMILES string of the molecule is O=C(N[C@H](CS(=O)(=O)Cc1ccsc1)C(=O)N(CCCc1ccccc1)C(=O)c1nc2ccccc2o1)C1CNC1. The first-order chi connectivity index (χ1) is 19.8. The Kier molecular flexibility index (Phi) is 8.91. The highest BCUT2D eigenvalue weighted by atomic mass is 32.2. The summed E-state index contributed by atoms with van der Waals surface area (Å²) in [6.07, 6.45) is 0.989. The van der Waals surface area contributed by atoms with Crippen LogP contribution in [0.25, 0.3) is 11.1 Å². The van der Waals surface area contributed by atoms with E-state index < -0.39 is 39.4 Å². The number of rotatable bonds is 12. The van der Waals surface area contributed by atoms with E-state index >= 15 is 0 Å². The summed E-state index contributed by atoms with van der Waals surface area (Å²) in [4.78, 5) is 45.8. The molecule has 2 aromatic carbocycles. The van der Waals surface area contributed by atoms with Crippen LogP contribution in [0.2, 0.25) is 0 Å². The summed E-state index contributed by atoms with van der Waals surface area (Å²) in [6, 6.07) is 16.7. The quantitative estimate of drug-likeness (QED) is 0.255. The fourth-order valence-electron chi connectivity index (χ4n) is 4.54. The molecule has 0 radical (unpaired) electrons. The third-order valence-corrected chi connectivity index (χ3v) is 9.18. The summed E-state index contributed by atoms with van der Waals surface area (Å²) >= 11 is 1.37. The van der Waals surface area contributed by atoms with E-state index in [1.54, 1.807) is 41.1 Å². The summed E-state index contributed by atoms with van der Waals surface area (Å²) in [5, 5.41) is 9.11. The lowest BCUT2D eigenvalue weighted by Gasteiger charge is -2.30. The number of para-hydroxylation sites is 2. The molecule has 0 spiro atoms. The number of imide groups is 1. The Morgan fingerprint density at radius 3 is 2.49 bits per heavy atom. The highest BCUT2D eigenvalue weighted by molar-refractivity contribution is 7.90. The molecule has 1 aliphatic rings. The molecule has 10 nitrogen and oxygen atoms in total. The number of aryl methyl sites for hydroxylation is 1. The van der Waals surface area contributed by atoms with Crippen molar-refractivity contribution in [1.29, 1.82) is 0 Å². The van der Waals surface area contributed by atoms with E-state index in [-0.39, 0.29) is 24.1 Å². The predicted octanol–water partition coefficient (Wildman–Crippen LogP) is 2.81. The number of benzene rings is 2. The second kappa shape index (κ2) is 12.8. The number of amides is 3. The first-order valence-corrected chi connectivity index (χ1v) is 16.0. The molecule has 1 fully saturated rings. The van der Waals surface area contributed by atoms with Crippen molar-refractivity contribution in [2.45, 2.75) is 24.6 Å². The van der Waals surface area contributed by atoms with E-state index in [4.69, 9.17) is 4.42 Å². The Morgan fingerprint density at radius 2 is 1.80 bits per heavy atom. The first-order valence-electron chi connectivity index (χ1n) is 13.3. The van der Waals surface area contributed by atoms with Gasteiger partial charge in [0.25, 0.3) is 11.8 Å². The second-order valence-corrected chi connectivity index (χ2v) is 12.9. The van der Waals surface area contributed by atoms with Gasteiger partial charge in [-0.1, -0.05) is 42.5 Å². The minimum absolute atomic E-state index is 0.0206. The molecule has 2 N–H and O–H groups in total. The zero-order valence-electron chi connectivity index (χ0n) is 22.2. The van der Waals surface area contributed by atoms with Gasteiger partial charge in [-0.05, 0) is 52.9 Å². The van der Waals surface area contributed by atoms with Crippen molar-refractivity contribution in [3.8, 4) is 0 Å². The molecule has 214 valence electrons. The molecule has 0 unspecified atom stereocenters. The van der Waals surface area contributed by atoms with Crippen LogP contribution in [0.5, 0.6) is 0 Å². The van der Waals surface area contributed by atoms with Crippen molar-refractivity contribution in [1.82, 2.24) is 20.5 Å². The highest BCUT2D eigenvalue weighted by Crippen LogP contribution is 2.19. The molecule has 0 aliphatic carbocycles. The Hall–Kier alpha value is -3.87. The van der Waals surface area contributed by atoms with Crippen LogP contribution in [0.15, 0.2) is 75.8 Å². The minimum atomic E-state index is -3.84. The number of thiophene rings is 1. The van der Waals surface area contributed by atoms with Crippen molar-refractivity contribution < 1.29 is 27.2 Å². The molecule has 4 aromatic rings. The van der Waals surface area contributed by atoms with E-state index in [1.165, 1.54) is 11.3 Å². The number of oxazole rings is 1. The van der Waals surface area contributed by atoms with Gasteiger partial charge in [0.1, 0.15) is 11.6 Å². The number of aromatic nitrogens is 1. The molecule has 3 heterocycles. The number of fused-ring (bicyclic) bond motifs is 1. The van der Waals surface area contributed by atoms with Crippen LogP contribution < -0.4 is 10.6 Å². The molecule has 41 heavy (non-hydrogen) atoms. The van der Waals surface area contributed by atoms with E-state index in [9.17, 15) is 22.8 Å². The zero-order valence-corrected chi connectivity index (χ0v) is 23.8. The molecular weight excluding hydrogens is 564 g/mol. The Labute approximate surface area is 241 Å². The summed E-state index contributed by atoms with van der Waals surface area (Å²) in [5.41, 5.74) is 2.45. The third-order valence-electron chi connectivity index (χ3n) is 6.83. The van der Waals surface area contributed by atoms with Crippen LogP contribution in [0.4, 0.5) is 0 Å². The monoisotopic (exact) mass is 594 g/mol. The first kappa shape index (κ1) is 28.7. The molecule has 12 heteroatoms. The van der Waals surface area contributed by atoms with Gasteiger partial charge in [-0.15, -0.1) is 0 Å². The van der Waals surface area contributed by atoms with Crippen molar-refractivity contribution in [2.75, 3.05) is 25.4 Å². The molecule has 2 aromatic heterocycles. The average molecular weight is 595 g/mol. The van der Waals surface area contributed by atoms with Gasteiger partial charge in [0.2, 0.25) is 5.91 Å². The van der Waals surface area contributed by atoms with Crippen molar-refractivity contribution in [2.24, 2.45) is 5.92 Å². The van der Waals surface area contributed by atoms with E-state index in [0.717, 1.165) is 10.5 Å². The van der Waals surface area contributed by atoms with Gasteiger partial charge in [0, 0.05) is 19.6 Å². The van der Waals surface area contributed by atoms with Gasteiger partial charge < -0.3 is 15.1 Å². The van der Waals surface area contributed by atoms with Crippen LogP contribution in [0.1, 0.15) is 28.2 Å². The van der Waals surface area contributed by atoms with E-state index in [1.807, 2.05) is 30.3 Å². The maximum absolute atomic E-state index is 14.0. The lowest BCUT2D eigenvalue weighted by atomic mass is 10.0. The van der Waals surface area contributed by atoms with Crippen molar-refractivity contribution in [3.63, 3.8) is 0 Å². The number of hydrogen-bond donors (Lipinski definition) is 2. The lowest BCUT2D eigenvalue weighted by molar-refractivity contribution is -0.135. The summed E-state index contributed by atoms with van der Waals surface area (Å²) in [7, 11) is -3.84. The fraction of sp³-hybridized carbons (Fsp3) is 0.310. The topological polar surface area (TPSA) is 139 Å². The lowest BCUT2D eigenvalue weighted by Crippen LogP contribution is -2.58. The van der Waals surface area contributed by atoms with Gasteiger partial charge in [-0.2, -0.15) is 11.3 Å². The molecule has 3 amide bonds. The average Bonchev–Trinajstić information content (AvgIpc) is 3.59. The third kappa shape index (κ3) is 7.26. The number of nitrogens with zero attached hydrogens (tertiary/aromatic N) is 2. The number of carbonyl (C=O) groups excluding carboxylic acids is 3. The predicted molar refractivity (Wildman–Crippen MR) is 155 cm³/mol. The van der Waals surface area contributed by atoms with Gasteiger partial charge in [-0.25, -0.2) is 13.4 Å². The van der Waals surface area contributed by atoms with E-state index in [2.05, 4.69) is 15.6 Å². The summed E-state index contributed by atoms with van der Waals surface area (Å²) in [5.74, 6) is -3.65.